The molecular weight excluding hydrogens is 375 g/mol. The summed E-state index contributed by atoms with van der Waals surface area (Å²) < 4.78 is 38.7. The van der Waals surface area contributed by atoms with E-state index in [0.29, 0.717) is 18.7 Å². The van der Waals surface area contributed by atoms with Crippen LogP contribution in [0.25, 0.3) is 0 Å². The number of hydrogen-bond acceptors (Lipinski definition) is 6. The van der Waals surface area contributed by atoms with E-state index in [-0.39, 0.29) is 17.5 Å². The van der Waals surface area contributed by atoms with Crippen molar-refractivity contribution < 1.29 is 18.1 Å². The lowest BCUT2D eigenvalue weighted by atomic mass is 10.0. The van der Waals surface area contributed by atoms with Gasteiger partial charge in [0.05, 0.1) is 4.92 Å². The summed E-state index contributed by atoms with van der Waals surface area (Å²) in [6.07, 6.45) is -1.96. The molecule has 1 aromatic carbocycles. The van der Waals surface area contributed by atoms with E-state index in [1.807, 2.05) is 0 Å². The minimum absolute atomic E-state index is 0.0486. The molecule has 1 aliphatic rings. The first-order valence-electron chi connectivity index (χ1n) is 8.82. The van der Waals surface area contributed by atoms with Gasteiger partial charge in [0.1, 0.15) is 17.8 Å². The zero-order valence-corrected chi connectivity index (χ0v) is 15.3. The fourth-order valence-corrected chi connectivity index (χ4v) is 3.44. The Kier molecular flexibility index (Phi) is 5.78. The molecule has 0 bridgehead atoms. The van der Waals surface area contributed by atoms with E-state index < -0.39 is 16.8 Å². The van der Waals surface area contributed by atoms with Crippen LogP contribution in [0.2, 0.25) is 0 Å². The Labute approximate surface area is 160 Å². The van der Waals surface area contributed by atoms with E-state index in [1.165, 1.54) is 6.07 Å². The highest BCUT2D eigenvalue weighted by Gasteiger charge is 2.34. The quantitative estimate of drug-likeness (QED) is 0.570. The van der Waals surface area contributed by atoms with Crippen LogP contribution in [-0.2, 0) is 12.7 Å². The molecule has 1 atom stereocenters. The first-order valence-corrected chi connectivity index (χ1v) is 8.82. The highest BCUT2D eigenvalue weighted by Crippen LogP contribution is 2.30. The number of benzene rings is 1. The van der Waals surface area contributed by atoms with Crippen LogP contribution < -0.4 is 4.90 Å². The van der Waals surface area contributed by atoms with Crippen LogP contribution >= 0.6 is 0 Å². The van der Waals surface area contributed by atoms with Crippen molar-refractivity contribution in [2.24, 2.45) is 0 Å². The molecule has 0 aliphatic carbocycles. The molecule has 7 nitrogen and oxygen atoms in total. The molecule has 3 rings (SSSR count). The number of nitrogens with zero attached hydrogens (tertiary/aromatic N) is 5. The summed E-state index contributed by atoms with van der Waals surface area (Å²) in [5.41, 5.74) is -0.280. The number of likely N-dealkylation sites (N-methyl/N-ethyl adjacent to an activating group) is 1. The number of nitro benzene ring substituents is 1. The second-order valence-corrected chi connectivity index (χ2v) is 6.79. The van der Waals surface area contributed by atoms with Crippen molar-refractivity contribution in [2.75, 3.05) is 25.0 Å². The number of nitro groups is 1. The lowest BCUT2D eigenvalue weighted by molar-refractivity contribution is -0.385. The van der Waals surface area contributed by atoms with Gasteiger partial charge in [0.15, 0.2) is 0 Å². The van der Waals surface area contributed by atoms with Crippen LogP contribution in [0.1, 0.15) is 24.1 Å². The monoisotopic (exact) mass is 395 g/mol. The smallest absolute Gasteiger partial charge is 0.355 e. The molecule has 2 heterocycles. The zero-order chi connectivity index (χ0) is 20.3. The summed E-state index contributed by atoms with van der Waals surface area (Å²) in [6.45, 7) is 1.76. The number of rotatable bonds is 5. The average molecular weight is 395 g/mol. The fourth-order valence-electron chi connectivity index (χ4n) is 3.44. The highest BCUT2D eigenvalue weighted by atomic mass is 19.4. The van der Waals surface area contributed by atoms with E-state index in [2.05, 4.69) is 14.9 Å². The van der Waals surface area contributed by atoms with Gasteiger partial charge in [-0.2, -0.15) is 13.2 Å². The van der Waals surface area contributed by atoms with Gasteiger partial charge in [-0.1, -0.05) is 18.2 Å². The van der Waals surface area contributed by atoms with Gasteiger partial charge in [0.2, 0.25) is 0 Å². The molecule has 0 radical (unpaired) electrons. The molecule has 28 heavy (non-hydrogen) atoms. The van der Waals surface area contributed by atoms with Crippen LogP contribution in [0.15, 0.2) is 36.7 Å². The standard InChI is InChI=1S/C18H20F3N5O2/c1-24(17-9-16(18(19,20)21)22-12-23-17)14-6-4-8-25(11-14)10-13-5-2-3-7-15(13)26(27)28/h2-3,5,7,9,12,14H,4,6,8,10-11H2,1H3. The third kappa shape index (κ3) is 4.56. The largest absolute Gasteiger partial charge is 0.433 e. The van der Waals surface area contributed by atoms with Gasteiger partial charge in [-0.05, 0) is 19.4 Å². The molecule has 10 heteroatoms. The fraction of sp³-hybridized carbons (Fsp3) is 0.444. The molecule has 1 fully saturated rings. The highest BCUT2D eigenvalue weighted by molar-refractivity contribution is 5.41. The Balaban J connectivity index is 1.72. The Morgan fingerprint density at radius 1 is 1.32 bits per heavy atom. The summed E-state index contributed by atoms with van der Waals surface area (Å²) in [7, 11) is 1.71. The van der Waals surface area contributed by atoms with Gasteiger partial charge < -0.3 is 4.90 Å². The molecule has 0 saturated carbocycles. The molecule has 0 N–H and O–H groups in total. The van der Waals surface area contributed by atoms with E-state index >= 15 is 0 Å². The normalized spacial score (nSPS) is 18.1. The van der Waals surface area contributed by atoms with Crippen LogP contribution in [0, 0.1) is 10.1 Å². The second kappa shape index (κ2) is 8.09. The number of anilines is 1. The average Bonchev–Trinajstić information content (AvgIpc) is 2.67. The van der Waals surface area contributed by atoms with Crippen LogP contribution in [0.4, 0.5) is 24.7 Å². The van der Waals surface area contributed by atoms with Crippen molar-refractivity contribution >= 4 is 11.5 Å². The molecule has 150 valence electrons. The maximum atomic E-state index is 12.9. The summed E-state index contributed by atoms with van der Waals surface area (Å²) in [5, 5.41) is 11.2. The molecule has 0 spiro atoms. The van der Waals surface area contributed by atoms with Crippen molar-refractivity contribution in [3.8, 4) is 0 Å². The SMILES string of the molecule is CN(c1cc(C(F)(F)F)ncn1)C1CCCN(Cc2ccccc2[N+](=O)[O-])C1. The molecule has 0 amide bonds. The van der Waals surface area contributed by atoms with Gasteiger partial charge in [-0.3, -0.25) is 15.0 Å². The summed E-state index contributed by atoms with van der Waals surface area (Å²) in [4.78, 5) is 21.9. The van der Waals surface area contributed by atoms with Crippen LogP contribution in [-0.4, -0.2) is 46.0 Å². The number of likely N-dealkylation sites (tertiary alicyclic amines) is 1. The number of aromatic nitrogens is 2. The van der Waals surface area contributed by atoms with Gasteiger partial charge in [-0.15, -0.1) is 0 Å². The van der Waals surface area contributed by atoms with Crippen molar-refractivity contribution in [1.82, 2.24) is 14.9 Å². The molecule has 1 aliphatic heterocycles. The number of piperidine rings is 1. The number of hydrogen-bond donors (Lipinski definition) is 0. The van der Waals surface area contributed by atoms with E-state index in [0.717, 1.165) is 31.8 Å². The van der Waals surface area contributed by atoms with Crippen molar-refractivity contribution in [2.45, 2.75) is 31.6 Å². The minimum Gasteiger partial charge on any atom is -0.355 e. The molecular formula is C18H20F3N5O2. The number of halogens is 3. The summed E-state index contributed by atoms with van der Waals surface area (Å²) >= 11 is 0. The molecule has 1 unspecified atom stereocenters. The predicted octanol–water partition coefficient (Wildman–Crippen LogP) is 3.50. The van der Waals surface area contributed by atoms with Gasteiger partial charge >= 0.3 is 6.18 Å². The first-order chi connectivity index (χ1) is 13.3. The van der Waals surface area contributed by atoms with Crippen molar-refractivity contribution in [3.05, 3.63) is 58.0 Å². The summed E-state index contributed by atoms with van der Waals surface area (Å²) in [6, 6.07) is 7.49. The zero-order valence-electron chi connectivity index (χ0n) is 15.3. The van der Waals surface area contributed by atoms with Gasteiger partial charge in [0, 0.05) is 43.9 Å². The van der Waals surface area contributed by atoms with Crippen molar-refractivity contribution in [1.29, 1.82) is 0 Å². The molecule has 1 aromatic heterocycles. The topological polar surface area (TPSA) is 75.4 Å². The Morgan fingerprint density at radius 2 is 2.07 bits per heavy atom. The Morgan fingerprint density at radius 3 is 2.79 bits per heavy atom. The lowest BCUT2D eigenvalue weighted by Gasteiger charge is -2.38. The minimum atomic E-state index is -4.52. The maximum Gasteiger partial charge on any atom is 0.433 e. The van der Waals surface area contributed by atoms with E-state index in [4.69, 9.17) is 0 Å². The maximum absolute atomic E-state index is 12.9. The van der Waals surface area contributed by atoms with Crippen LogP contribution in [0.3, 0.4) is 0 Å². The van der Waals surface area contributed by atoms with E-state index in [9.17, 15) is 23.3 Å². The number of alkyl halides is 3. The third-order valence-electron chi connectivity index (χ3n) is 4.92. The lowest BCUT2D eigenvalue weighted by Crippen LogP contribution is -2.46. The summed E-state index contributed by atoms with van der Waals surface area (Å²) in [5.74, 6) is 0.208. The first kappa shape index (κ1) is 20.0. The van der Waals surface area contributed by atoms with Crippen LogP contribution in [0.5, 0.6) is 0 Å². The molecule has 1 saturated heterocycles. The second-order valence-electron chi connectivity index (χ2n) is 6.79. The van der Waals surface area contributed by atoms with Gasteiger partial charge in [-0.25, -0.2) is 9.97 Å². The predicted molar refractivity (Wildman–Crippen MR) is 96.8 cm³/mol. The Hall–Kier alpha value is -2.75. The Bertz CT molecular complexity index is 846. The third-order valence-corrected chi connectivity index (χ3v) is 4.92. The number of para-hydroxylation sites is 1. The van der Waals surface area contributed by atoms with Crippen molar-refractivity contribution in [3.63, 3.8) is 0 Å². The van der Waals surface area contributed by atoms with E-state index in [1.54, 1.807) is 30.1 Å². The van der Waals surface area contributed by atoms with Gasteiger partial charge in [0.25, 0.3) is 5.69 Å². The molecule has 2 aromatic rings.